The molecule has 1 aromatic heterocycles. The molecule has 0 saturated carbocycles. The lowest BCUT2D eigenvalue weighted by molar-refractivity contribution is -0.142. The van der Waals surface area contributed by atoms with Crippen molar-refractivity contribution >= 4 is 23.6 Å². The Labute approximate surface area is 174 Å². The zero-order chi connectivity index (χ0) is 21.5. The molecule has 1 amide bonds. The van der Waals surface area contributed by atoms with E-state index in [1.165, 1.54) is 6.08 Å². The normalized spacial score (nSPS) is 10.8. The molecule has 0 saturated heterocycles. The molecule has 7 nitrogen and oxygen atoms in total. The van der Waals surface area contributed by atoms with Gasteiger partial charge < -0.3 is 14.8 Å². The lowest BCUT2D eigenvalue weighted by Crippen LogP contribution is -2.20. The molecule has 1 heterocycles. The van der Waals surface area contributed by atoms with Crippen molar-refractivity contribution in [3.05, 3.63) is 77.6 Å². The van der Waals surface area contributed by atoms with Gasteiger partial charge >= 0.3 is 5.97 Å². The number of aryl methyl sites for hydroxylation is 2. The number of hydrogen-bond donors (Lipinski definition) is 1. The van der Waals surface area contributed by atoms with Crippen LogP contribution in [-0.2, 0) is 21.4 Å². The van der Waals surface area contributed by atoms with E-state index in [0.717, 1.165) is 17.0 Å². The summed E-state index contributed by atoms with van der Waals surface area (Å²) in [6.07, 6.45) is 2.93. The number of benzene rings is 2. The molecular formula is C23H23N3O4. The number of nitrogens with zero attached hydrogens (tertiary/aromatic N) is 2. The van der Waals surface area contributed by atoms with Gasteiger partial charge in [0, 0.05) is 24.4 Å². The van der Waals surface area contributed by atoms with E-state index in [4.69, 9.17) is 9.47 Å². The van der Waals surface area contributed by atoms with E-state index >= 15 is 0 Å². The lowest BCUT2D eigenvalue weighted by atomic mass is 10.2. The first-order chi connectivity index (χ1) is 14.4. The number of carbonyl (C=O) groups is 2. The van der Waals surface area contributed by atoms with Crippen LogP contribution in [-0.4, -0.2) is 28.3 Å². The summed E-state index contributed by atoms with van der Waals surface area (Å²) in [6.45, 7) is 3.36. The highest BCUT2D eigenvalue weighted by atomic mass is 16.5. The van der Waals surface area contributed by atoms with Crippen molar-refractivity contribution in [3.63, 3.8) is 0 Å². The Morgan fingerprint density at radius 1 is 1.07 bits per heavy atom. The van der Waals surface area contributed by atoms with Crippen molar-refractivity contribution in [1.29, 1.82) is 0 Å². The number of hydrogen-bond acceptors (Lipinski definition) is 5. The summed E-state index contributed by atoms with van der Waals surface area (Å²) in [4.78, 5) is 24.2. The minimum atomic E-state index is -0.610. The number of nitrogens with one attached hydrogen (secondary N) is 1. The Morgan fingerprint density at radius 3 is 2.47 bits per heavy atom. The van der Waals surface area contributed by atoms with Crippen LogP contribution >= 0.6 is 0 Å². The van der Waals surface area contributed by atoms with E-state index in [2.05, 4.69) is 10.4 Å². The molecule has 0 radical (unpaired) electrons. The number of carbonyl (C=O) groups excluding carboxylic acids is 2. The Balaban J connectivity index is 1.56. The summed E-state index contributed by atoms with van der Waals surface area (Å²) in [5.41, 5.74) is 3.08. The Hall–Kier alpha value is -3.87. The second kappa shape index (κ2) is 9.56. The van der Waals surface area contributed by atoms with Crippen LogP contribution < -0.4 is 10.1 Å². The maximum Gasteiger partial charge on any atom is 0.331 e. The van der Waals surface area contributed by atoms with Crippen molar-refractivity contribution in [2.24, 2.45) is 7.05 Å². The number of para-hydroxylation sites is 3. The minimum absolute atomic E-state index is 0.409. The van der Waals surface area contributed by atoms with Gasteiger partial charge in [0.1, 0.15) is 5.75 Å². The summed E-state index contributed by atoms with van der Waals surface area (Å²) >= 11 is 0. The Bertz CT molecular complexity index is 1070. The molecule has 0 aliphatic rings. The predicted molar refractivity (Wildman–Crippen MR) is 114 cm³/mol. The highest BCUT2D eigenvalue weighted by molar-refractivity contribution is 5.95. The third-order valence-corrected chi connectivity index (χ3v) is 4.43. The van der Waals surface area contributed by atoms with Crippen LogP contribution in [0.5, 0.6) is 11.5 Å². The molecule has 154 valence electrons. The first kappa shape index (κ1) is 20.9. The van der Waals surface area contributed by atoms with E-state index in [1.54, 1.807) is 35.0 Å². The molecule has 3 rings (SSSR count). The lowest BCUT2D eigenvalue weighted by Gasteiger charge is -2.12. The maximum atomic E-state index is 12.2. The first-order valence-electron chi connectivity index (χ1n) is 9.41. The molecule has 0 aliphatic heterocycles. The zero-order valence-corrected chi connectivity index (χ0v) is 17.1. The number of esters is 1. The van der Waals surface area contributed by atoms with Crippen LogP contribution in [0.3, 0.4) is 0 Å². The van der Waals surface area contributed by atoms with Crippen molar-refractivity contribution in [3.8, 4) is 11.5 Å². The Morgan fingerprint density at radius 2 is 1.77 bits per heavy atom. The van der Waals surface area contributed by atoms with Crippen LogP contribution in [0.1, 0.15) is 17.0 Å². The fourth-order valence-corrected chi connectivity index (χ4v) is 2.83. The molecule has 7 heteroatoms. The molecule has 0 bridgehead atoms. The van der Waals surface area contributed by atoms with Crippen LogP contribution in [0.4, 0.5) is 5.69 Å². The summed E-state index contributed by atoms with van der Waals surface area (Å²) < 4.78 is 12.6. The van der Waals surface area contributed by atoms with Crippen molar-refractivity contribution < 1.29 is 19.1 Å². The number of ether oxygens (including phenoxy) is 2. The average molecular weight is 405 g/mol. The second-order valence-corrected chi connectivity index (χ2v) is 6.61. The topological polar surface area (TPSA) is 82.5 Å². The van der Waals surface area contributed by atoms with Crippen molar-refractivity contribution in [2.75, 3.05) is 11.9 Å². The summed E-state index contributed by atoms with van der Waals surface area (Å²) in [6, 6.07) is 16.3. The van der Waals surface area contributed by atoms with Crippen LogP contribution in [0.2, 0.25) is 0 Å². The standard InChI is InChI=1S/C23H23N3O4/c1-16-19(17(2)26(3)25-16)13-14-23(28)29-15-22(27)24-20-11-7-8-12-21(20)30-18-9-5-4-6-10-18/h4-14H,15H2,1-3H3,(H,24,27)/b14-13+. The number of amides is 1. The highest BCUT2D eigenvalue weighted by Gasteiger charge is 2.11. The Kier molecular flexibility index (Phi) is 6.64. The fraction of sp³-hybridized carbons (Fsp3) is 0.174. The van der Waals surface area contributed by atoms with E-state index in [1.807, 2.05) is 51.2 Å². The van der Waals surface area contributed by atoms with Crippen LogP contribution in [0.15, 0.2) is 60.7 Å². The van der Waals surface area contributed by atoms with E-state index in [-0.39, 0.29) is 0 Å². The molecule has 2 aromatic carbocycles. The molecule has 0 spiro atoms. The maximum absolute atomic E-state index is 12.2. The van der Waals surface area contributed by atoms with Gasteiger partial charge in [0.2, 0.25) is 0 Å². The van der Waals surface area contributed by atoms with Crippen molar-refractivity contribution in [1.82, 2.24) is 9.78 Å². The average Bonchev–Trinajstić information content (AvgIpc) is 2.98. The van der Waals surface area contributed by atoms with Gasteiger partial charge in [-0.2, -0.15) is 5.10 Å². The van der Waals surface area contributed by atoms with Gasteiger partial charge in [-0.1, -0.05) is 30.3 Å². The molecule has 0 fully saturated rings. The second-order valence-electron chi connectivity index (χ2n) is 6.61. The molecule has 0 aliphatic carbocycles. The van der Waals surface area contributed by atoms with Gasteiger partial charge in [0.25, 0.3) is 5.91 Å². The first-order valence-corrected chi connectivity index (χ1v) is 9.41. The predicted octanol–water partition coefficient (Wildman–Crippen LogP) is 4.02. The minimum Gasteiger partial charge on any atom is -0.455 e. The van der Waals surface area contributed by atoms with Gasteiger partial charge in [-0.15, -0.1) is 0 Å². The van der Waals surface area contributed by atoms with Gasteiger partial charge in [-0.3, -0.25) is 9.48 Å². The summed E-state index contributed by atoms with van der Waals surface area (Å²) in [5.74, 6) is 0.0683. The third-order valence-electron chi connectivity index (χ3n) is 4.43. The summed E-state index contributed by atoms with van der Waals surface area (Å²) in [7, 11) is 1.84. The zero-order valence-electron chi connectivity index (χ0n) is 17.1. The van der Waals surface area contributed by atoms with Crippen molar-refractivity contribution in [2.45, 2.75) is 13.8 Å². The monoisotopic (exact) mass is 405 g/mol. The van der Waals surface area contributed by atoms with E-state index in [0.29, 0.717) is 17.2 Å². The highest BCUT2D eigenvalue weighted by Crippen LogP contribution is 2.29. The smallest absolute Gasteiger partial charge is 0.331 e. The van der Waals surface area contributed by atoms with E-state index < -0.39 is 18.5 Å². The largest absolute Gasteiger partial charge is 0.455 e. The van der Waals surface area contributed by atoms with Crippen LogP contribution in [0, 0.1) is 13.8 Å². The third kappa shape index (κ3) is 5.35. The number of aromatic nitrogens is 2. The molecule has 1 N–H and O–H groups in total. The van der Waals surface area contributed by atoms with Gasteiger partial charge in [0.05, 0.1) is 11.4 Å². The van der Waals surface area contributed by atoms with Gasteiger partial charge in [-0.05, 0) is 44.2 Å². The number of rotatable bonds is 7. The SMILES string of the molecule is Cc1nn(C)c(C)c1/C=C/C(=O)OCC(=O)Nc1ccccc1Oc1ccccc1. The molecule has 0 atom stereocenters. The van der Waals surface area contributed by atoms with E-state index in [9.17, 15) is 9.59 Å². The quantitative estimate of drug-likeness (QED) is 0.474. The molecule has 3 aromatic rings. The number of anilines is 1. The summed E-state index contributed by atoms with van der Waals surface area (Å²) in [5, 5.41) is 6.99. The van der Waals surface area contributed by atoms with Gasteiger partial charge in [-0.25, -0.2) is 4.79 Å². The molecular weight excluding hydrogens is 382 g/mol. The fourth-order valence-electron chi connectivity index (χ4n) is 2.83. The molecule has 0 unspecified atom stereocenters. The van der Waals surface area contributed by atoms with Gasteiger partial charge in [0.15, 0.2) is 12.4 Å². The van der Waals surface area contributed by atoms with Crippen LogP contribution in [0.25, 0.3) is 6.08 Å². The molecule has 30 heavy (non-hydrogen) atoms.